The Labute approximate surface area is 159 Å². The van der Waals surface area contributed by atoms with Crippen LogP contribution in [0.15, 0.2) is 36.4 Å². The van der Waals surface area contributed by atoms with Gasteiger partial charge in [-0.25, -0.2) is 9.18 Å². The van der Waals surface area contributed by atoms with Crippen molar-refractivity contribution in [2.24, 2.45) is 0 Å². The van der Waals surface area contributed by atoms with E-state index in [1.807, 2.05) is 4.90 Å². The van der Waals surface area contributed by atoms with Crippen molar-refractivity contribution in [2.75, 3.05) is 27.2 Å². The van der Waals surface area contributed by atoms with E-state index in [1.165, 1.54) is 12.1 Å². The Morgan fingerprint density at radius 3 is 2.36 bits per heavy atom. The van der Waals surface area contributed by atoms with Gasteiger partial charge in [0.2, 0.25) is 0 Å². The largest absolute Gasteiger partial charge is 0.508 e. The highest BCUT2D eigenvalue weighted by Gasteiger charge is 2.33. The van der Waals surface area contributed by atoms with E-state index in [-0.39, 0.29) is 17.7 Å². The number of halogens is 4. The first kappa shape index (κ1) is 21.3. The van der Waals surface area contributed by atoms with Gasteiger partial charge in [-0.15, -0.1) is 0 Å². The molecular formula is C20H17F4NO3. The number of esters is 1. The van der Waals surface area contributed by atoms with Gasteiger partial charge in [0.15, 0.2) is 0 Å². The molecule has 0 fully saturated rings. The molecule has 0 aliphatic heterocycles. The van der Waals surface area contributed by atoms with Crippen molar-refractivity contribution in [3.8, 4) is 17.6 Å². The fourth-order valence-corrected chi connectivity index (χ4v) is 2.16. The zero-order valence-corrected chi connectivity index (χ0v) is 15.1. The molecule has 0 aromatic heterocycles. The monoisotopic (exact) mass is 395 g/mol. The number of carbonyl (C=O) groups is 1. The fourth-order valence-electron chi connectivity index (χ4n) is 2.16. The number of aromatic hydroxyl groups is 1. The molecule has 2 rings (SSSR count). The van der Waals surface area contributed by atoms with E-state index >= 15 is 0 Å². The molecule has 0 spiro atoms. The molecule has 0 unspecified atom stereocenters. The second kappa shape index (κ2) is 8.76. The van der Waals surface area contributed by atoms with Crippen molar-refractivity contribution in [1.29, 1.82) is 0 Å². The third kappa shape index (κ3) is 5.72. The van der Waals surface area contributed by atoms with Crippen molar-refractivity contribution in [1.82, 2.24) is 4.90 Å². The van der Waals surface area contributed by atoms with E-state index in [0.29, 0.717) is 12.6 Å². The summed E-state index contributed by atoms with van der Waals surface area (Å²) in [6.45, 7) is 0.641. The molecule has 0 amide bonds. The highest BCUT2D eigenvalue weighted by atomic mass is 19.4. The first-order valence-electron chi connectivity index (χ1n) is 8.11. The standard InChI is InChI=1S/C20H17F4NO3/c1-25(2)9-10-28-19(27)15-6-5-14(18(21)11-15)4-3-13-7-8-16(26)12-17(13)20(22,23)24/h5-8,11-12,26H,9-10H2,1-2H3. The highest BCUT2D eigenvalue weighted by Crippen LogP contribution is 2.33. The summed E-state index contributed by atoms with van der Waals surface area (Å²) in [4.78, 5) is 13.7. The van der Waals surface area contributed by atoms with Crippen LogP contribution in [-0.2, 0) is 10.9 Å². The minimum atomic E-state index is -4.72. The Balaban J connectivity index is 2.23. The predicted octanol–water partition coefficient (Wildman–Crippen LogP) is 3.67. The van der Waals surface area contributed by atoms with Gasteiger partial charge in [0.05, 0.1) is 16.7 Å². The van der Waals surface area contributed by atoms with Gasteiger partial charge in [0.1, 0.15) is 18.2 Å². The molecule has 0 bridgehead atoms. The van der Waals surface area contributed by atoms with Crippen molar-refractivity contribution in [3.05, 3.63) is 64.5 Å². The molecular weight excluding hydrogens is 378 g/mol. The summed E-state index contributed by atoms with van der Waals surface area (Å²) >= 11 is 0. The molecule has 28 heavy (non-hydrogen) atoms. The predicted molar refractivity (Wildman–Crippen MR) is 94.3 cm³/mol. The maximum Gasteiger partial charge on any atom is 0.417 e. The van der Waals surface area contributed by atoms with Crippen LogP contribution in [0.1, 0.15) is 27.0 Å². The lowest BCUT2D eigenvalue weighted by Gasteiger charge is -2.10. The summed E-state index contributed by atoms with van der Waals surface area (Å²) in [6, 6.07) is 6.00. The van der Waals surface area contributed by atoms with E-state index in [4.69, 9.17) is 4.74 Å². The summed E-state index contributed by atoms with van der Waals surface area (Å²) in [5, 5.41) is 9.25. The summed E-state index contributed by atoms with van der Waals surface area (Å²) in [5.74, 6) is 2.45. The summed E-state index contributed by atoms with van der Waals surface area (Å²) < 4.78 is 58.2. The molecule has 0 saturated carbocycles. The second-order valence-corrected chi connectivity index (χ2v) is 6.11. The Bertz CT molecular complexity index is 927. The number of hydrogen-bond donors (Lipinski definition) is 1. The van der Waals surface area contributed by atoms with Crippen LogP contribution in [0.3, 0.4) is 0 Å². The van der Waals surface area contributed by atoms with E-state index < -0.39 is 34.8 Å². The van der Waals surface area contributed by atoms with Gasteiger partial charge < -0.3 is 14.7 Å². The topological polar surface area (TPSA) is 49.8 Å². The number of benzene rings is 2. The molecule has 2 aromatic carbocycles. The van der Waals surface area contributed by atoms with Gasteiger partial charge in [0, 0.05) is 12.1 Å². The van der Waals surface area contributed by atoms with Crippen molar-refractivity contribution in [3.63, 3.8) is 0 Å². The average molecular weight is 395 g/mol. The van der Waals surface area contributed by atoms with E-state index in [9.17, 15) is 27.5 Å². The van der Waals surface area contributed by atoms with Crippen LogP contribution < -0.4 is 0 Å². The third-order valence-electron chi connectivity index (χ3n) is 3.62. The molecule has 4 nitrogen and oxygen atoms in total. The van der Waals surface area contributed by atoms with Gasteiger partial charge in [-0.1, -0.05) is 11.8 Å². The minimum absolute atomic E-state index is 0.0255. The van der Waals surface area contributed by atoms with Gasteiger partial charge in [-0.2, -0.15) is 13.2 Å². The van der Waals surface area contributed by atoms with Crippen molar-refractivity contribution < 1.29 is 32.2 Å². The number of ether oxygens (including phenoxy) is 1. The Morgan fingerprint density at radius 1 is 1.11 bits per heavy atom. The van der Waals surface area contributed by atoms with Crippen LogP contribution in [0.2, 0.25) is 0 Å². The van der Waals surface area contributed by atoms with Crippen LogP contribution in [0.4, 0.5) is 17.6 Å². The fraction of sp³-hybridized carbons (Fsp3) is 0.250. The van der Waals surface area contributed by atoms with Crippen LogP contribution in [0.5, 0.6) is 5.75 Å². The molecule has 0 heterocycles. The van der Waals surface area contributed by atoms with Crippen LogP contribution in [0, 0.1) is 17.7 Å². The van der Waals surface area contributed by atoms with E-state index in [0.717, 1.165) is 18.2 Å². The van der Waals surface area contributed by atoms with Crippen molar-refractivity contribution in [2.45, 2.75) is 6.18 Å². The summed E-state index contributed by atoms with van der Waals surface area (Å²) in [5.41, 5.74) is -1.73. The number of phenols is 1. The normalized spacial score (nSPS) is 11.1. The maximum absolute atomic E-state index is 14.2. The van der Waals surface area contributed by atoms with E-state index in [2.05, 4.69) is 11.8 Å². The highest BCUT2D eigenvalue weighted by molar-refractivity contribution is 5.89. The molecule has 0 atom stereocenters. The number of alkyl halides is 3. The lowest BCUT2D eigenvalue weighted by molar-refractivity contribution is -0.137. The van der Waals surface area contributed by atoms with E-state index in [1.54, 1.807) is 14.1 Å². The number of hydrogen-bond acceptors (Lipinski definition) is 4. The van der Waals surface area contributed by atoms with Gasteiger partial charge >= 0.3 is 12.1 Å². The second-order valence-electron chi connectivity index (χ2n) is 6.11. The number of rotatable bonds is 4. The Morgan fingerprint density at radius 2 is 1.75 bits per heavy atom. The molecule has 0 saturated heterocycles. The maximum atomic E-state index is 14.2. The van der Waals surface area contributed by atoms with Crippen molar-refractivity contribution >= 4 is 5.97 Å². The van der Waals surface area contributed by atoms with Gasteiger partial charge in [0.25, 0.3) is 0 Å². The first-order chi connectivity index (χ1) is 13.1. The molecule has 8 heteroatoms. The zero-order valence-electron chi connectivity index (χ0n) is 15.1. The van der Waals surface area contributed by atoms with Crippen LogP contribution in [-0.4, -0.2) is 43.2 Å². The molecule has 1 N–H and O–H groups in total. The smallest absolute Gasteiger partial charge is 0.417 e. The lowest BCUT2D eigenvalue weighted by atomic mass is 10.1. The summed E-state index contributed by atoms with van der Waals surface area (Å²) in [7, 11) is 3.61. The molecule has 2 aromatic rings. The number of likely N-dealkylation sites (N-methyl/N-ethyl adjacent to an activating group) is 1. The summed E-state index contributed by atoms with van der Waals surface area (Å²) in [6.07, 6.45) is -4.72. The molecule has 0 radical (unpaired) electrons. The third-order valence-corrected chi connectivity index (χ3v) is 3.62. The number of nitrogens with zero attached hydrogens (tertiary/aromatic N) is 1. The zero-order chi connectivity index (χ0) is 20.9. The lowest BCUT2D eigenvalue weighted by Crippen LogP contribution is -2.20. The van der Waals surface area contributed by atoms with Crippen LogP contribution >= 0.6 is 0 Å². The van der Waals surface area contributed by atoms with Crippen LogP contribution in [0.25, 0.3) is 0 Å². The molecule has 148 valence electrons. The Hall–Kier alpha value is -3.05. The minimum Gasteiger partial charge on any atom is -0.508 e. The number of phenolic OH excluding ortho intramolecular Hbond substituents is 1. The average Bonchev–Trinajstić information content (AvgIpc) is 2.60. The molecule has 0 aliphatic rings. The van der Waals surface area contributed by atoms with Gasteiger partial charge in [-0.05, 0) is 50.5 Å². The Kier molecular flexibility index (Phi) is 6.65. The van der Waals surface area contributed by atoms with Gasteiger partial charge in [-0.3, -0.25) is 0 Å². The number of carbonyl (C=O) groups excluding carboxylic acids is 1. The first-order valence-corrected chi connectivity index (χ1v) is 8.11. The molecule has 0 aliphatic carbocycles. The SMILES string of the molecule is CN(C)CCOC(=O)c1ccc(C#Cc2ccc(O)cc2C(F)(F)F)c(F)c1. The quantitative estimate of drug-likeness (QED) is 0.488.